The van der Waals surface area contributed by atoms with Crippen LogP contribution < -0.4 is 10.9 Å². The Morgan fingerprint density at radius 1 is 1.24 bits per heavy atom. The van der Waals surface area contributed by atoms with Crippen LogP contribution in [0.3, 0.4) is 0 Å². The Kier molecular flexibility index (Phi) is 3.89. The Balaban J connectivity index is 1.72. The maximum Gasteiger partial charge on any atom is 0.279 e. The highest BCUT2D eigenvalue weighted by atomic mass is 16.3. The first-order chi connectivity index (χ1) is 12.1. The highest BCUT2D eigenvalue weighted by Gasteiger charge is 2.30. The van der Waals surface area contributed by atoms with E-state index < -0.39 is 5.60 Å². The first kappa shape index (κ1) is 16.0. The maximum atomic E-state index is 12.8. The third-order valence-corrected chi connectivity index (χ3v) is 4.83. The lowest BCUT2D eigenvalue weighted by Crippen LogP contribution is -2.46. The molecular formula is C18H21N5O2. The van der Waals surface area contributed by atoms with Gasteiger partial charge in [0.15, 0.2) is 11.3 Å². The van der Waals surface area contributed by atoms with E-state index >= 15 is 0 Å². The number of aromatic nitrogens is 4. The van der Waals surface area contributed by atoms with Gasteiger partial charge in [0.2, 0.25) is 0 Å². The lowest BCUT2D eigenvalue weighted by molar-refractivity contribution is -0.00642. The summed E-state index contributed by atoms with van der Waals surface area (Å²) in [6, 6.07) is 7.94. The molecule has 1 aromatic carbocycles. The topological polar surface area (TPSA) is 84.5 Å². The molecule has 0 unspecified atom stereocenters. The molecule has 0 saturated carbocycles. The third-order valence-electron chi connectivity index (χ3n) is 4.83. The molecule has 0 aliphatic carbocycles. The molecule has 0 atom stereocenters. The van der Waals surface area contributed by atoms with Crippen LogP contribution in [0.2, 0.25) is 0 Å². The smallest absolute Gasteiger partial charge is 0.279 e. The molecule has 0 radical (unpaired) electrons. The number of nitrogens with zero attached hydrogens (tertiary/aromatic N) is 4. The van der Waals surface area contributed by atoms with Crippen molar-refractivity contribution in [2.75, 3.05) is 13.1 Å². The largest absolute Gasteiger partial charge is 0.388 e. The first-order valence-corrected chi connectivity index (χ1v) is 8.49. The van der Waals surface area contributed by atoms with Crippen molar-refractivity contribution in [3.63, 3.8) is 0 Å². The van der Waals surface area contributed by atoms with Crippen LogP contribution in [0.4, 0.5) is 0 Å². The van der Waals surface area contributed by atoms with E-state index in [0.717, 1.165) is 24.2 Å². The number of rotatable bonds is 3. The van der Waals surface area contributed by atoms with Crippen molar-refractivity contribution in [3.05, 3.63) is 52.7 Å². The van der Waals surface area contributed by atoms with Crippen molar-refractivity contribution >= 4 is 5.52 Å². The molecule has 130 valence electrons. The molecule has 25 heavy (non-hydrogen) atoms. The van der Waals surface area contributed by atoms with E-state index in [2.05, 4.69) is 15.4 Å². The number of hydrogen-bond acceptors (Lipinski definition) is 5. The van der Waals surface area contributed by atoms with Crippen molar-refractivity contribution < 1.29 is 5.11 Å². The summed E-state index contributed by atoms with van der Waals surface area (Å²) in [7, 11) is 0. The number of aliphatic hydroxyl groups is 1. The second-order valence-electron chi connectivity index (χ2n) is 6.78. The van der Waals surface area contributed by atoms with Gasteiger partial charge in [-0.2, -0.15) is 5.10 Å². The lowest BCUT2D eigenvalue weighted by Gasteiger charge is -2.32. The van der Waals surface area contributed by atoms with Crippen molar-refractivity contribution in [2.24, 2.45) is 0 Å². The summed E-state index contributed by atoms with van der Waals surface area (Å²) in [5, 5.41) is 18.3. The number of piperidine rings is 1. The summed E-state index contributed by atoms with van der Waals surface area (Å²) in [6.07, 6.45) is 4.29. The van der Waals surface area contributed by atoms with Gasteiger partial charge in [0.05, 0.1) is 18.3 Å². The van der Waals surface area contributed by atoms with Crippen molar-refractivity contribution in [3.8, 4) is 11.4 Å². The fraction of sp³-hybridized carbons (Fsp3) is 0.389. The fourth-order valence-corrected chi connectivity index (χ4v) is 3.30. The summed E-state index contributed by atoms with van der Waals surface area (Å²) in [5.74, 6) is 0.639. The molecule has 0 amide bonds. The Bertz CT molecular complexity index is 952. The molecular weight excluding hydrogens is 318 g/mol. The summed E-state index contributed by atoms with van der Waals surface area (Å²) >= 11 is 0. The molecule has 1 saturated heterocycles. The highest BCUT2D eigenvalue weighted by Crippen LogP contribution is 2.21. The normalized spacial score (nSPS) is 17.0. The van der Waals surface area contributed by atoms with Crippen LogP contribution in [0, 0.1) is 6.92 Å². The van der Waals surface area contributed by atoms with Gasteiger partial charge in [0.25, 0.3) is 5.56 Å². The minimum Gasteiger partial charge on any atom is -0.388 e. The van der Waals surface area contributed by atoms with Gasteiger partial charge in [-0.05, 0) is 32.9 Å². The van der Waals surface area contributed by atoms with Crippen LogP contribution in [0.5, 0.6) is 0 Å². The first-order valence-electron chi connectivity index (χ1n) is 8.49. The van der Waals surface area contributed by atoms with Gasteiger partial charge in [0, 0.05) is 5.56 Å². The zero-order valence-electron chi connectivity index (χ0n) is 14.1. The Hall–Kier alpha value is -2.51. The van der Waals surface area contributed by atoms with E-state index in [1.54, 1.807) is 10.7 Å². The van der Waals surface area contributed by atoms with Gasteiger partial charge >= 0.3 is 0 Å². The number of fused-ring (bicyclic) bond motifs is 1. The van der Waals surface area contributed by atoms with E-state index in [9.17, 15) is 9.90 Å². The summed E-state index contributed by atoms with van der Waals surface area (Å²) in [5.41, 5.74) is 1.43. The Morgan fingerprint density at radius 2 is 1.96 bits per heavy atom. The van der Waals surface area contributed by atoms with Crippen LogP contribution in [0.25, 0.3) is 16.9 Å². The molecule has 1 aliphatic rings. The maximum absolute atomic E-state index is 12.8. The molecule has 3 heterocycles. The molecule has 0 spiro atoms. The van der Waals surface area contributed by atoms with Gasteiger partial charge in [0.1, 0.15) is 6.33 Å². The van der Waals surface area contributed by atoms with Crippen LogP contribution in [0.15, 0.2) is 41.6 Å². The second-order valence-corrected chi connectivity index (χ2v) is 6.78. The Labute approximate surface area is 144 Å². The molecule has 2 N–H and O–H groups in total. The average molecular weight is 339 g/mol. The quantitative estimate of drug-likeness (QED) is 0.743. The number of nitrogens with one attached hydrogen (secondary N) is 1. The molecule has 7 heteroatoms. The predicted molar refractivity (Wildman–Crippen MR) is 94.5 cm³/mol. The average Bonchev–Trinajstić information content (AvgIpc) is 3.03. The predicted octanol–water partition coefficient (Wildman–Crippen LogP) is 0.981. The summed E-state index contributed by atoms with van der Waals surface area (Å²) in [6.45, 7) is 3.79. The lowest BCUT2D eigenvalue weighted by atomic mass is 9.92. The molecule has 0 bridgehead atoms. The molecule has 3 aromatic rings. The minimum absolute atomic E-state index is 0.187. The molecule has 2 aromatic heterocycles. The van der Waals surface area contributed by atoms with Crippen LogP contribution in [-0.4, -0.2) is 43.0 Å². The van der Waals surface area contributed by atoms with Crippen LogP contribution >= 0.6 is 0 Å². The van der Waals surface area contributed by atoms with E-state index in [0.29, 0.717) is 24.2 Å². The number of imidazole rings is 1. The van der Waals surface area contributed by atoms with Gasteiger partial charge in [-0.3, -0.25) is 9.36 Å². The number of aryl methyl sites for hydroxylation is 1. The highest BCUT2D eigenvalue weighted by molar-refractivity contribution is 5.61. The Morgan fingerprint density at radius 3 is 2.68 bits per heavy atom. The monoisotopic (exact) mass is 339 g/mol. The van der Waals surface area contributed by atoms with Gasteiger partial charge in [-0.15, -0.1) is 0 Å². The number of hydrogen-bond donors (Lipinski definition) is 2. The van der Waals surface area contributed by atoms with Crippen LogP contribution in [0.1, 0.15) is 18.4 Å². The summed E-state index contributed by atoms with van der Waals surface area (Å²) in [4.78, 5) is 17.2. The molecule has 7 nitrogen and oxygen atoms in total. The second kappa shape index (κ2) is 6.09. The van der Waals surface area contributed by atoms with Crippen molar-refractivity contribution in [1.29, 1.82) is 0 Å². The summed E-state index contributed by atoms with van der Waals surface area (Å²) < 4.78 is 3.05. The van der Waals surface area contributed by atoms with E-state index in [-0.39, 0.29) is 12.1 Å². The molecule has 4 rings (SSSR count). The number of benzene rings is 1. The van der Waals surface area contributed by atoms with Crippen molar-refractivity contribution in [1.82, 2.24) is 24.5 Å². The minimum atomic E-state index is -0.866. The SMILES string of the molecule is Cc1ccc(-c2ncc3c(=O)n(CC4(O)CCNCC4)cnn23)cc1. The zero-order valence-corrected chi connectivity index (χ0v) is 14.1. The van der Waals surface area contributed by atoms with E-state index in [1.165, 1.54) is 10.9 Å². The molecule has 1 aliphatic heterocycles. The van der Waals surface area contributed by atoms with Crippen molar-refractivity contribution in [2.45, 2.75) is 31.9 Å². The molecule has 1 fully saturated rings. The third kappa shape index (κ3) is 2.96. The zero-order chi connectivity index (χ0) is 17.4. The van der Waals surface area contributed by atoms with Gasteiger partial charge < -0.3 is 10.4 Å². The van der Waals surface area contributed by atoms with E-state index in [4.69, 9.17) is 0 Å². The van der Waals surface area contributed by atoms with Gasteiger partial charge in [-0.25, -0.2) is 9.50 Å². The van der Waals surface area contributed by atoms with Crippen LogP contribution in [-0.2, 0) is 6.54 Å². The van der Waals surface area contributed by atoms with E-state index in [1.807, 2.05) is 31.2 Å². The standard InChI is InChI=1S/C18H21N5O2/c1-13-2-4-14(5-3-13)16-20-10-15-17(24)22(12-21-23(15)16)11-18(25)6-8-19-9-7-18/h2-5,10,12,19,25H,6-9,11H2,1H3. The van der Waals surface area contributed by atoms with Gasteiger partial charge in [-0.1, -0.05) is 29.8 Å². The fourth-order valence-electron chi connectivity index (χ4n) is 3.30.